The molecule has 40 heavy (non-hydrogen) atoms. The van der Waals surface area contributed by atoms with E-state index in [-0.39, 0.29) is 11.7 Å². The van der Waals surface area contributed by atoms with Crippen LogP contribution < -0.4 is 10.6 Å². The molecule has 0 spiro atoms. The number of pyridine rings is 1. The van der Waals surface area contributed by atoms with Crippen LogP contribution >= 0.6 is 11.6 Å². The monoisotopic (exact) mass is 551 g/mol. The van der Waals surface area contributed by atoms with Gasteiger partial charge >= 0.3 is 0 Å². The van der Waals surface area contributed by atoms with Gasteiger partial charge in [-0.15, -0.1) is 5.10 Å². The standard InChI is InChI=1S/C31H27ClFN7/c1-19(20-5-3-2-4-6-20)16-35-29-22(15-34)17-36-31-26(29)13-24(14-27(31)32)37-30(21-7-9-23(33)10-8-21)28-18-40(39-38-28)25-11-12-25/h2-10,13-14,17-19,25,30,37H,11-12,16H2,1H3,(H,35,36)/t19-,30?/m1/s1. The predicted octanol–water partition coefficient (Wildman–Crippen LogP) is 7.24. The predicted molar refractivity (Wildman–Crippen MR) is 155 cm³/mol. The lowest BCUT2D eigenvalue weighted by Crippen LogP contribution is -2.14. The summed E-state index contributed by atoms with van der Waals surface area (Å²) in [7, 11) is 0. The minimum Gasteiger partial charge on any atom is -0.383 e. The maximum atomic E-state index is 13.8. The van der Waals surface area contributed by atoms with E-state index >= 15 is 0 Å². The first kappa shape index (κ1) is 25.8. The van der Waals surface area contributed by atoms with Crippen molar-refractivity contribution in [1.82, 2.24) is 20.0 Å². The second-order valence-corrected chi connectivity index (χ2v) is 10.6. The Balaban J connectivity index is 1.37. The van der Waals surface area contributed by atoms with Crippen LogP contribution in [0.5, 0.6) is 0 Å². The van der Waals surface area contributed by atoms with Crippen LogP contribution in [-0.2, 0) is 0 Å². The zero-order chi connectivity index (χ0) is 27.6. The highest BCUT2D eigenvalue weighted by atomic mass is 35.5. The highest BCUT2D eigenvalue weighted by molar-refractivity contribution is 6.35. The van der Waals surface area contributed by atoms with Crippen molar-refractivity contribution >= 4 is 33.9 Å². The zero-order valence-electron chi connectivity index (χ0n) is 21.9. The van der Waals surface area contributed by atoms with Gasteiger partial charge < -0.3 is 10.6 Å². The Labute approximate surface area is 236 Å². The van der Waals surface area contributed by atoms with Gasteiger partial charge in [0.2, 0.25) is 0 Å². The highest BCUT2D eigenvalue weighted by Crippen LogP contribution is 2.37. The van der Waals surface area contributed by atoms with Crippen LogP contribution in [0, 0.1) is 17.1 Å². The fourth-order valence-corrected chi connectivity index (χ4v) is 5.13. The number of benzene rings is 3. The van der Waals surface area contributed by atoms with Gasteiger partial charge in [-0.2, -0.15) is 5.26 Å². The molecule has 200 valence electrons. The van der Waals surface area contributed by atoms with E-state index < -0.39 is 6.04 Å². The van der Waals surface area contributed by atoms with Gasteiger partial charge in [0.15, 0.2) is 0 Å². The average Bonchev–Trinajstić information content (AvgIpc) is 3.72. The molecule has 0 bridgehead atoms. The number of rotatable bonds is 9. The first-order chi connectivity index (χ1) is 19.5. The molecule has 0 amide bonds. The third kappa shape index (κ3) is 5.33. The van der Waals surface area contributed by atoms with Crippen LogP contribution in [0.25, 0.3) is 10.9 Å². The van der Waals surface area contributed by atoms with Crippen molar-refractivity contribution in [3.05, 3.63) is 112 Å². The number of nitrogens with one attached hydrogen (secondary N) is 2. The first-order valence-electron chi connectivity index (χ1n) is 13.2. The Bertz CT molecular complexity index is 1690. The summed E-state index contributed by atoms with van der Waals surface area (Å²) < 4.78 is 15.7. The summed E-state index contributed by atoms with van der Waals surface area (Å²) in [5, 5.41) is 26.8. The highest BCUT2D eigenvalue weighted by Gasteiger charge is 2.27. The summed E-state index contributed by atoms with van der Waals surface area (Å²) in [5.74, 6) is -0.0990. The smallest absolute Gasteiger partial charge is 0.123 e. The van der Waals surface area contributed by atoms with Crippen molar-refractivity contribution < 1.29 is 4.39 Å². The van der Waals surface area contributed by atoms with Gasteiger partial charge in [0.05, 0.1) is 40.1 Å². The van der Waals surface area contributed by atoms with Crippen molar-refractivity contribution in [2.45, 2.75) is 37.8 Å². The van der Waals surface area contributed by atoms with E-state index in [9.17, 15) is 9.65 Å². The Hall–Kier alpha value is -4.48. The van der Waals surface area contributed by atoms with E-state index in [1.807, 2.05) is 35.1 Å². The fraction of sp³-hybridized carbons (Fsp3) is 0.226. The number of hydrogen-bond acceptors (Lipinski definition) is 6. The van der Waals surface area contributed by atoms with Gasteiger partial charge in [0.25, 0.3) is 0 Å². The molecule has 2 heterocycles. The quantitative estimate of drug-likeness (QED) is 0.200. The van der Waals surface area contributed by atoms with E-state index in [0.717, 1.165) is 23.8 Å². The van der Waals surface area contributed by atoms with E-state index in [1.165, 1.54) is 17.7 Å². The van der Waals surface area contributed by atoms with E-state index in [4.69, 9.17) is 11.6 Å². The lowest BCUT2D eigenvalue weighted by Gasteiger charge is -2.20. The van der Waals surface area contributed by atoms with Gasteiger partial charge in [-0.3, -0.25) is 4.98 Å². The molecule has 1 saturated carbocycles. The maximum Gasteiger partial charge on any atom is 0.123 e. The molecular formula is C31H27ClFN7. The molecule has 0 radical (unpaired) electrons. The number of anilines is 2. The van der Waals surface area contributed by atoms with Crippen molar-refractivity contribution in [3.8, 4) is 6.07 Å². The van der Waals surface area contributed by atoms with E-state index in [2.05, 4.69) is 51.1 Å². The second-order valence-electron chi connectivity index (χ2n) is 10.2. The Morgan fingerprint density at radius 3 is 2.60 bits per heavy atom. The van der Waals surface area contributed by atoms with Gasteiger partial charge in [-0.25, -0.2) is 9.07 Å². The molecule has 1 aliphatic carbocycles. The summed E-state index contributed by atoms with van der Waals surface area (Å²) in [4.78, 5) is 4.48. The molecule has 2 N–H and O–H groups in total. The number of fused-ring (bicyclic) bond motifs is 1. The molecule has 1 unspecified atom stereocenters. The number of nitriles is 1. The zero-order valence-corrected chi connectivity index (χ0v) is 22.6. The summed E-state index contributed by atoms with van der Waals surface area (Å²) in [6.07, 6.45) is 5.66. The Kier molecular flexibility index (Phi) is 7.06. The number of nitrogens with zero attached hydrogens (tertiary/aromatic N) is 5. The van der Waals surface area contributed by atoms with E-state index in [0.29, 0.717) is 45.8 Å². The molecule has 2 atom stereocenters. The van der Waals surface area contributed by atoms with Crippen molar-refractivity contribution in [2.75, 3.05) is 17.2 Å². The van der Waals surface area contributed by atoms with Crippen molar-refractivity contribution in [1.29, 1.82) is 5.26 Å². The van der Waals surface area contributed by atoms with Crippen LogP contribution in [0.2, 0.25) is 5.02 Å². The molecule has 3 aromatic carbocycles. The number of halogens is 2. The molecule has 5 aromatic rings. The topological polar surface area (TPSA) is 91.5 Å². The molecule has 0 aliphatic heterocycles. The van der Waals surface area contributed by atoms with Crippen LogP contribution in [-0.4, -0.2) is 26.5 Å². The minimum absolute atomic E-state index is 0.213. The Morgan fingerprint density at radius 2 is 1.88 bits per heavy atom. The normalized spacial score (nSPS) is 14.4. The first-order valence-corrected chi connectivity index (χ1v) is 13.6. The van der Waals surface area contributed by atoms with Crippen LogP contribution in [0.4, 0.5) is 15.8 Å². The van der Waals surface area contributed by atoms with Crippen molar-refractivity contribution in [2.24, 2.45) is 0 Å². The lowest BCUT2D eigenvalue weighted by molar-refractivity contribution is 0.610. The molecular weight excluding hydrogens is 525 g/mol. The summed E-state index contributed by atoms with van der Waals surface area (Å²) >= 11 is 6.74. The summed E-state index contributed by atoms with van der Waals surface area (Å²) in [6.45, 7) is 2.76. The molecule has 2 aromatic heterocycles. The fourth-order valence-electron chi connectivity index (χ4n) is 4.86. The molecule has 7 nitrogen and oxygen atoms in total. The average molecular weight is 552 g/mol. The summed E-state index contributed by atoms with van der Waals surface area (Å²) in [5.41, 5.74) is 5.17. The summed E-state index contributed by atoms with van der Waals surface area (Å²) in [6, 6.07) is 22.5. The van der Waals surface area contributed by atoms with Gasteiger partial charge in [-0.05, 0) is 54.2 Å². The van der Waals surface area contributed by atoms with Gasteiger partial charge in [0.1, 0.15) is 17.6 Å². The van der Waals surface area contributed by atoms with Crippen LogP contribution in [0.1, 0.15) is 60.2 Å². The molecule has 1 fully saturated rings. The third-order valence-corrected chi connectivity index (χ3v) is 7.55. The van der Waals surface area contributed by atoms with Crippen molar-refractivity contribution in [3.63, 3.8) is 0 Å². The largest absolute Gasteiger partial charge is 0.383 e. The molecule has 9 heteroatoms. The van der Waals surface area contributed by atoms with E-state index in [1.54, 1.807) is 24.4 Å². The molecule has 1 aliphatic rings. The Morgan fingerprint density at radius 1 is 1.10 bits per heavy atom. The third-order valence-electron chi connectivity index (χ3n) is 7.26. The van der Waals surface area contributed by atoms with Crippen LogP contribution in [0.15, 0.2) is 79.1 Å². The minimum atomic E-state index is -0.400. The molecule has 0 saturated heterocycles. The SMILES string of the molecule is C[C@H](CNc1c(C#N)cnc2c(Cl)cc(NC(c3ccc(F)cc3)c3cn(C4CC4)nn3)cc12)c1ccccc1. The molecule has 6 rings (SSSR count). The number of hydrogen-bond donors (Lipinski definition) is 2. The van der Waals surface area contributed by atoms with Gasteiger partial charge in [0, 0.05) is 23.8 Å². The maximum absolute atomic E-state index is 13.8. The second kappa shape index (κ2) is 10.9. The van der Waals surface area contributed by atoms with Crippen LogP contribution in [0.3, 0.4) is 0 Å². The van der Waals surface area contributed by atoms with Gasteiger partial charge in [-0.1, -0.05) is 66.2 Å². The number of aromatic nitrogens is 4. The lowest BCUT2D eigenvalue weighted by atomic mass is 10.0.